The summed E-state index contributed by atoms with van der Waals surface area (Å²) in [5.74, 6) is -0.745. The van der Waals surface area contributed by atoms with Gasteiger partial charge in [-0.05, 0) is 0 Å². The van der Waals surface area contributed by atoms with Gasteiger partial charge >= 0.3 is 35.5 Å². The fourth-order valence-corrected chi connectivity index (χ4v) is 0. The number of carbonyl (C=O) groups is 1. The van der Waals surface area contributed by atoms with Crippen LogP contribution in [0.25, 0.3) is 0 Å². The van der Waals surface area contributed by atoms with Crippen LogP contribution in [0.4, 0.5) is 0 Å². The maximum Gasteiger partial charge on any atom is 1.00 e. The van der Waals surface area contributed by atoms with E-state index in [0.717, 1.165) is 0 Å². The molecule has 0 atom stereocenters. The van der Waals surface area contributed by atoms with Crippen LogP contribution in [-0.4, -0.2) is 11.1 Å². The summed E-state index contributed by atoms with van der Waals surface area (Å²) in [5.41, 5.74) is 0. The quantitative estimate of drug-likeness (QED) is 0.356. The molecule has 0 spiro atoms. The van der Waals surface area contributed by atoms with Gasteiger partial charge in [-0.3, -0.25) is 4.79 Å². The Balaban J connectivity index is -0.0000000800. The molecule has 0 aromatic rings. The van der Waals surface area contributed by atoms with E-state index in [2.05, 4.69) is 0 Å². The molecule has 0 bridgehead atoms. The van der Waals surface area contributed by atoms with E-state index in [9.17, 15) is 4.79 Å². The average Bonchev–Trinajstić information content (AvgIpc) is 1.38. The van der Waals surface area contributed by atoms with Crippen LogP contribution in [-0.2, 0) is 4.79 Å². The Labute approximate surface area is 82.0 Å². The number of carboxylic acid groups (broad SMARTS) is 1. The second-order valence-corrected chi connectivity index (χ2v) is 0.747. The van der Waals surface area contributed by atoms with Crippen molar-refractivity contribution in [1.82, 2.24) is 0 Å². The van der Waals surface area contributed by atoms with Crippen molar-refractivity contribution in [2.45, 2.75) is 13.3 Å². The van der Waals surface area contributed by atoms with Crippen molar-refractivity contribution in [3.8, 4) is 0 Å². The van der Waals surface area contributed by atoms with E-state index in [1.807, 2.05) is 0 Å². The first-order chi connectivity index (χ1) is 2.27. The summed E-state index contributed by atoms with van der Waals surface area (Å²) in [4.78, 5) is 9.37. The van der Waals surface area contributed by atoms with Gasteiger partial charge in [0.15, 0.2) is 0 Å². The SMILES string of the molecule is CCC(=O)O.[I-].[Na+]. The van der Waals surface area contributed by atoms with Crippen LogP contribution < -0.4 is 53.5 Å². The molecule has 4 heteroatoms. The Morgan fingerprint density at radius 3 is 1.86 bits per heavy atom. The van der Waals surface area contributed by atoms with E-state index in [0.29, 0.717) is 0 Å². The van der Waals surface area contributed by atoms with Crippen LogP contribution >= 0.6 is 0 Å². The molecule has 0 heterocycles. The fraction of sp³-hybridized carbons (Fsp3) is 0.667. The van der Waals surface area contributed by atoms with Crippen LogP contribution in [0, 0.1) is 0 Å². The molecule has 0 aliphatic rings. The van der Waals surface area contributed by atoms with Gasteiger partial charge in [-0.15, -0.1) is 0 Å². The van der Waals surface area contributed by atoms with E-state index in [1.165, 1.54) is 0 Å². The van der Waals surface area contributed by atoms with Crippen molar-refractivity contribution in [3.05, 3.63) is 0 Å². The summed E-state index contributed by atoms with van der Waals surface area (Å²) in [5, 5.41) is 7.72. The van der Waals surface area contributed by atoms with Gasteiger partial charge in [0.1, 0.15) is 0 Å². The van der Waals surface area contributed by atoms with Crippen molar-refractivity contribution < 1.29 is 63.4 Å². The third kappa shape index (κ3) is 19.0. The molecular weight excluding hydrogens is 218 g/mol. The normalized spacial score (nSPS) is 5.29. The Hall–Kier alpha value is 1.20. The standard InChI is InChI=1S/C3H6O2.HI.Na/c1-2-3(4)5;;/h2H2,1H3,(H,4,5);1H;/q;;+1/p-1. The Bertz CT molecular complexity index is 48.2. The van der Waals surface area contributed by atoms with E-state index in [4.69, 9.17) is 5.11 Å². The molecule has 38 valence electrons. The first kappa shape index (κ1) is 15.7. The number of hydrogen-bond donors (Lipinski definition) is 1. The maximum absolute atomic E-state index is 9.37. The van der Waals surface area contributed by atoms with Crippen LogP contribution in [0.1, 0.15) is 13.3 Å². The molecule has 1 N–H and O–H groups in total. The van der Waals surface area contributed by atoms with Gasteiger partial charge < -0.3 is 29.1 Å². The minimum atomic E-state index is -0.745. The molecule has 2 nitrogen and oxygen atoms in total. The number of halogens is 1. The summed E-state index contributed by atoms with van der Waals surface area (Å²) < 4.78 is 0. The fourth-order valence-electron chi connectivity index (χ4n) is 0. The van der Waals surface area contributed by atoms with Crippen molar-refractivity contribution in [1.29, 1.82) is 0 Å². The molecule has 0 saturated heterocycles. The van der Waals surface area contributed by atoms with Gasteiger partial charge in [-0.1, -0.05) is 6.92 Å². The summed E-state index contributed by atoms with van der Waals surface area (Å²) in [7, 11) is 0. The molecule has 0 unspecified atom stereocenters. The van der Waals surface area contributed by atoms with E-state index in [-0.39, 0.29) is 60.0 Å². The summed E-state index contributed by atoms with van der Waals surface area (Å²) in [6, 6.07) is 0. The second kappa shape index (κ2) is 10.2. The van der Waals surface area contributed by atoms with E-state index >= 15 is 0 Å². The van der Waals surface area contributed by atoms with Gasteiger partial charge in [-0.2, -0.15) is 0 Å². The van der Waals surface area contributed by atoms with Crippen molar-refractivity contribution in [3.63, 3.8) is 0 Å². The van der Waals surface area contributed by atoms with Gasteiger partial charge in [0.2, 0.25) is 0 Å². The average molecular weight is 224 g/mol. The Morgan fingerprint density at radius 1 is 1.71 bits per heavy atom. The van der Waals surface area contributed by atoms with Crippen molar-refractivity contribution in [2.24, 2.45) is 0 Å². The molecule has 0 aliphatic carbocycles. The molecule has 0 radical (unpaired) electrons. The number of hydrogen-bond acceptors (Lipinski definition) is 1. The molecule has 0 rings (SSSR count). The van der Waals surface area contributed by atoms with Gasteiger partial charge in [0.05, 0.1) is 0 Å². The third-order valence-corrected chi connectivity index (χ3v) is 0.302. The zero-order valence-electron chi connectivity index (χ0n) is 4.44. The van der Waals surface area contributed by atoms with Crippen molar-refractivity contribution in [2.75, 3.05) is 0 Å². The Morgan fingerprint density at radius 2 is 1.86 bits per heavy atom. The predicted molar refractivity (Wildman–Crippen MR) is 17.9 cm³/mol. The van der Waals surface area contributed by atoms with Crippen molar-refractivity contribution >= 4 is 5.97 Å². The summed E-state index contributed by atoms with van der Waals surface area (Å²) >= 11 is 0. The van der Waals surface area contributed by atoms with Gasteiger partial charge in [0, 0.05) is 6.42 Å². The zero-order valence-corrected chi connectivity index (χ0v) is 8.60. The molecule has 0 aromatic heterocycles. The topological polar surface area (TPSA) is 37.3 Å². The number of rotatable bonds is 1. The van der Waals surface area contributed by atoms with Crippen LogP contribution in [0.2, 0.25) is 0 Å². The minimum absolute atomic E-state index is 0. The van der Waals surface area contributed by atoms with Crippen LogP contribution in [0.3, 0.4) is 0 Å². The largest absolute Gasteiger partial charge is 1.00 e. The smallest absolute Gasteiger partial charge is 1.00 e. The third-order valence-electron chi connectivity index (χ3n) is 0.302. The summed E-state index contributed by atoms with van der Waals surface area (Å²) in [6.07, 6.45) is 0.222. The van der Waals surface area contributed by atoms with E-state index in [1.54, 1.807) is 6.92 Å². The van der Waals surface area contributed by atoms with Crippen LogP contribution in [0.15, 0.2) is 0 Å². The monoisotopic (exact) mass is 224 g/mol. The molecule has 0 saturated carbocycles. The molecule has 0 fully saturated rings. The Kier molecular flexibility index (Phi) is 23.0. The molecule has 0 aliphatic heterocycles. The van der Waals surface area contributed by atoms with Gasteiger partial charge in [0.25, 0.3) is 0 Å². The van der Waals surface area contributed by atoms with Gasteiger partial charge in [-0.25, -0.2) is 0 Å². The maximum atomic E-state index is 9.37. The van der Waals surface area contributed by atoms with Crippen LogP contribution in [0.5, 0.6) is 0 Å². The zero-order chi connectivity index (χ0) is 4.28. The summed E-state index contributed by atoms with van der Waals surface area (Å²) in [6.45, 7) is 1.60. The minimum Gasteiger partial charge on any atom is -1.00 e. The number of carboxylic acids is 1. The first-order valence-corrected chi connectivity index (χ1v) is 1.49. The first-order valence-electron chi connectivity index (χ1n) is 1.49. The van der Waals surface area contributed by atoms with E-state index < -0.39 is 5.97 Å². The second-order valence-electron chi connectivity index (χ2n) is 0.747. The number of aliphatic carboxylic acids is 1. The molecule has 7 heavy (non-hydrogen) atoms. The molecular formula is C3H6INaO2. The molecule has 0 amide bonds. The molecule has 0 aromatic carbocycles. The predicted octanol–water partition coefficient (Wildman–Crippen LogP) is -5.51.